The molecule has 124 valence electrons. The van der Waals surface area contributed by atoms with Crippen LogP contribution in [0.5, 0.6) is 0 Å². The lowest BCUT2D eigenvalue weighted by molar-refractivity contribution is 0.271. The summed E-state index contributed by atoms with van der Waals surface area (Å²) in [5.41, 5.74) is 0.813. The summed E-state index contributed by atoms with van der Waals surface area (Å²) in [5, 5.41) is 7.90. The first-order chi connectivity index (χ1) is 11.0. The van der Waals surface area contributed by atoms with Crippen LogP contribution >= 0.6 is 11.6 Å². The van der Waals surface area contributed by atoms with Crippen LogP contribution < -0.4 is 5.32 Å². The normalized spacial score (nSPS) is 19.8. The van der Waals surface area contributed by atoms with Crippen molar-refractivity contribution in [2.24, 2.45) is 0 Å². The molecule has 1 aliphatic rings. The number of sulfonamides is 1. The number of hydrogen-bond donors (Lipinski definition) is 1. The van der Waals surface area contributed by atoms with Gasteiger partial charge in [-0.05, 0) is 18.6 Å². The minimum absolute atomic E-state index is 0.221. The number of piperazine rings is 1. The summed E-state index contributed by atoms with van der Waals surface area (Å²) < 4.78 is 29.2. The Hall–Kier alpha value is -1.41. The molecule has 0 bridgehead atoms. The van der Waals surface area contributed by atoms with Crippen molar-refractivity contribution in [2.45, 2.75) is 24.4 Å². The van der Waals surface area contributed by atoms with Crippen LogP contribution in [-0.4, -0.2) is 42.1 Å². The highest BCUT2D eigenvalue weighted by atomic mass is 35.5. The van der Waals surface area contributed by atoms with Crippen molar-refractivity contribution in [2.75, 3.05) is 19.6 Å². The zero-order valence-electron chi connectivity index (χ0n) is 12.8. The van der Waals surface area contributed by atoms with Crippen LogP contribution in [0.4, 0.5) is 0 Å². The first kappa shape index (κ1) is 16.4. The maximum absolute atomic E-state index is 13.0. The van der Waals surface area contributed by atoms with E-state index >= 15 is 0 Å². The lowest BCUT2D eigenvalue weighted by Gasteiger charge is -2.35. The third kappa shape index (κ3) is 3.14. The fraction of sp³-hybridized carbons (Fsp3) is 0.400. The number of nitrogens with zero attached hydrogens (tertiary/aromatic N) is 3. The molecule has 1 unspecified atom stereocenters. The molecule has 0 saturated carbocycles. The molecule has 1 fully saturated rings. The summed E-state index contributed by atoms with van der Waals surface area (Å²) >= 11 is 6.28. The molecule has 1 aliphatic heterocycles. The fourth-order valence-corrected chi connectivity index (χ4v) is 4.59. The number of aryl methyl sites for hydroxylation is 1. The van der Waals surface area contributed by atoms with Crippen molar-refractivity contribution in [3.8, 4) is 0 Å². The largest absolute Gasteiger partial charge is 0.313 e. The van der Waals surface area contributed by atoms with E-state index in [4.69, 9.17) is 11.6 Å². The van der Waals surface area contributed by atoms with Crippen LogP contribution in [0.25, 0.3) is 0 Å². The van der Waals surface area contributed by atoms with Crippen LogP contribution in [0.15, 0.2) is 41.6 Å². The lowest BCUT2D eigenvalue weighted by atomic mass is 10.1. The molecule has 1 aromatic heterocycles. The first-order valence-corrected chi connectivity index (χ1v) is 9.35. The Morgan fingerprint density at radius 2 is 2.17 bits per heavy atom. The number of halogens is 1. The summed E-state index contributed by atoms with van der Waals surface area (Å²) in [5.74, 6) is 0. The number of nitrogens with one attached hydrogen (secondary N) is 1. The molecule has 0 amide bonds. The molecular formula is C15H19ClN4O2S. The van der Waals surface area contributed by atoms with Gasteiger partial charge in [-0.2, -0.15) is 9.40 Å². The van der Waals surface area contributed by atoms with E-state index in [1.165, 1.54) is 10.5 Å². The van der Waals surface area contributed by atoms with Gasteiger partial charge in [0.25, 0.3) is 0 Å². The van der Waals surface area contributed by atoms with Crippen LogP contribution in [0.1, 0.15) is 18.5 Å². The van der Waals surface area contributed by atoms with Gasteiger partial charge in [0.15, 0.2) is 0 Å². The second kappa shape index (κ2) is 6.60. The Morgan fingerprint density at radius 1 is 1.39 bits per heavy atom. The molecule has 8 heteroatoms. The van der Waals surface area contributed by atoms with Gasteiger partial charge in [-0.3, -0.25) is 4.68 Å². The highest BCUT2D eigenvalue weighted by molar-refractivity contribution is 7.89. The van der Waals surface area contributed by atoms with Crippen LogP contribution in [0, 0.1) is 0 Å². The highest BCUT2D eigenvalue weighted by Crippen LogP contribution is 2.32. The Bertz CT molecular complexity index is 790. The summed E-state index contributed by atoms with van der Waals surface area (Å²) in [6, 6.07) is 7.04. The predicted octanol–water partition coefficient (Wildman–Crippen LogP) is 1.89. The topological polar surface area (TPSA) is 67.2 Å². The molecule has 0 radical (unpaired) electrons. The Labute approximate surface area is 141 Å². The van der Waals surface area contributed by atoms with Gasteiger partial charge in [0.05, 0.1) is 12.2 Å². The maximum Gasteiger partial charge on any atom is 0.246 e. The quantitative estimate of drug-likeness (QED) is 0.910. The Morgan fingerprint density at radius 3 is 2.87 bits per heavy atom. The molecule has 0 aliphatic carbocycles. The van der Waals surface area contributed by atoms with E-state index in [0.29, 0.717) is 31.2 Å². The van der Waals surface area contributed by atoms with Gasteiger partial charge in [0, 0.05) is 37.4 Å². The molecule has 0 spiro atoms. The average Bonchev–Trinajstić information content (AvgIpc) is 3.05. The molecule has 1 aromatic carbocycles. The molecule has 3 rings (SSSR count). The summed E-state index contributed by atoms with van der Waals surface area (Å²) in [6.07, 6.45) is 2.98. The molecule has 2 aromatic rings. The first-order valence-electron chi connectivity index (χ1n) is 7.53. The molecule has 6 nitrogen and oxygen atoms in total. The molecule has 1 atom stereocenters. The Balaban J connectivity index is 1.99. The second-order valence-electron chi connectivity index (χ2n) is 5.39. The van der Waals surface area contributed by atoms with Gasteiger partial charge in [0.1, 0.15) is 4.90 Å². The van der Waals surface area contributed by atoms with Crippen molar-refractivity contribution in [1.82, 2.24) is 19.4 Å². The van der Waals surface area contributed by atoms with E-state index in [9.17, 15) is 8.42 Å². The number of hydrogen-bond acceptors (Lipinski definition) is 4. The molecule has 1 saturated heterocycles. The van der Waals surface area contributed by atoms with E-state index in [0.717, 1.165) is 5.56 Å². The SMILES string of the molecule is CCn1cc(S(=O)(=O)N2CCNCC2c2ccccc2Cl)cn1. The van der Waals surface area contributed by atoms with Gasteiger partial charge < -0.3 is 5.32 Å². The highest BCUT2D eigenvalue weighted by Gasteiger charge is 2.35. The van der Waals surface area contributed by atoms with Crippen molar-refractivity contribution >= 4 is 21.6 Å². The number of benzene rings is 1. The van der Waals surface area contributed by atoms with Crippen LogP contribution in [0.2, 0.25) is 5.02 Å². The third-order valence-electron chi connectivity index (χ3n) is 4.00. The molecule has 23 heavy (non-hydrogen) atoms. The van der Waals surface area contributed by atoms with Gasteiger partial charge in [-0.15, -0.1) is 0 Å². The minimum atomic E-state index is -3.61. The van der Waals surface area contributed by atoms with Crippen molar-refractivity contribution in [3.05, 3.63) is 47.2 Å². The number of aromatic nitrogens is 2. The fourth-order valence-electron chi connectivity index (χ4n) is 2.77. The van der Waals surface area contributed by atoms with Crippen LogP contribution in [0.3, 0.4) is 0 Å². The lowest BCUT2D eigenvalue weighted by Crippen LogP contribution is -2.48. The standard InChI is InChI=1S/C15H19ClN4O2S/c1-2-19-11-12(9-18-19)23(21,22)20-8-7-17-10-15(20)13-5-3-4-6-14(13)16/h3-6,9,11,15,17H,2,7-8,10H2,1H3. The number of rotatable bonds is 4. The zero-order chi connectivity index (χ0) is 16.4. The summed E-state index contributed by atoms with van der Waals surface area (Å²) in [4.78, 5) is 0.221. The third-order valence-corrected chi connectivity index (χ3v) is 6.20. The van der Waals surface area contributed by atoms with E-state index < -0.39 is 10.0 Å². The zero-order valence-corrected chi connectivity index (χ0v) is 14.4. The van der Waals surface area contributed by atoms with E-state index in [2.05, 4.69) is 10.4 Å². The average molecular weight is 355 g/mol. The van der Waals surface area contributed by atoms with E-state index in [1.54, 1.807) is 16.9 Å². The molecular weight excluding hydrogens is 336 g/mol. The predicted molar refractivity (Wildman–Crippen MR) is 88.9 cm³/mol. The van der Waals surface area contributed by atoms with E-state index in [1.807, 2.05) is 25.1 Å². The summed E-state index contributed by atoms with van der Waals surface area (Å²) in [7, 11) is -3.61. The second-order valence-corrected chi connectivity index (χ2v) is 7.69. The molecule has 1 N–H and O–H groups in total. The van der Waals surface area contributed by atoms with Gasteiger partial charge in [-0.25, -0.2) is 8.42 Å². The summed E-state index contributed by atoms with van der Waals surface area (Å²) in [6.45, 7) is 4.09. The Kier molecular flexibility index (Phi) is 4.72. The van der Waals surface area contributed by atoms with E-state index in [-0.39, 0.29) is 10.9 Å². The van der Waals surface area contributed by atoms with Gasteiger partial charge in [-0.1, -0.05) is 29.8 Å². The van der Waals surface area contributed by atoms with Crippen molar-refractivity contribution in [3.63, 3.8) is 0 Å². The van der Waals surface area contributed by atoms with Gasteiger partial charge in [0.2, 0.25) is 10.0 Å². The van der Waals surface area contributed by atoms with Crippen molar-refractivity contribution in [1.29, 1.82) is 0 Å². The molecule has 2 heterocycles. The van der Waals surface area contributed by atoms with Gasteiger partial charge >= 0.3 is 0 Å². The monoisotopic (exact) mass is 354 g/mol. The maximum atomic E-state index is 13.0. The smallest absolute Gasteiger partial charge is 0.246 e. The van der Waals surface area contributed by atoms with Crippen molar-refractivity contribution < 1.29 is 8.42 Å². The minimum Gasteiger partial charge on any atom is -0.313 e. The van der Waals surface area contributed by atoms with Crippen LogP contribution in [-0.2, 0) is 16.6 Å².